The third-order valence-corrected chi connectivity index (χ3v) is 3.09. The monoisotopic (exact) mass is 311 g/mol. The van der Waals surface area contributed by atoms with E-state index in [1.807, 2.05) is 25.1 Å². The van der Waals surface area contributed by atoms with Crippen molar-refractivity contribution in [2.24, 2.45) is 0 Å². The van der Waals surface area contributed by atoms with E-state index < -0.39 is 11.6 Å². The lowest BCUT2D eigenvalue weighted by atomic mass is 10.1. The van der Waals surface area contributed by atoms with E-state index in [2.05, 4.69) is 21.2 Å². The highest BCUT2D eigenvalue weighted by Crippen LogP contribution is 2.20. The molecule has 0 amide bonds. The molecule has 0 radical (unpaired) electrons. The van der Waals surface area contributed by atoms with Crippen molar-refractivity contribution >= 4 is 21.6 Å². The quantitative estimate of drug-likeness (QED) is 0.870. The molecular formula is C14H12BrF2N. The highest BCUT2D eigenvalue weighted by atomic mass is 79.9. The van der Waals surface area contributed by atoms with Crippen molar-refractivity contribution in [2.75, 3.05) is 5.32 Å². The topological polar surface area (TPSA) is 12.0 Å². The summed E-state index contributed by atoms with van der Waals surface area (Å²) in [7, 11) is 0. The van der Waals surface area contributed by atoms with Crippen LogP contribution in [0.25, 0.3) is 0 Å². The molecule has 94 valence electrons. The molecule has 0 spiro atoms. The highest BCUT2D eigenvalue weighted by Gasteiger charge is 2.02. The van der Waals surface area contributed by atoms with Crippen molar-refractivity contribution in [3.05, 3.63) is 63.6 Å². The molecule has 0 saturated heterocycles. The number of rotatable bonds is 3. The first-order valence-electron chi connectivity index (χ1n) is 5.49. The van der Waals surface area contributed by atoms with Gasteiger partial charge in [-0.2, -0.15) is 0 Å². The second-order valence-corrected chi connectivity index (χ2v) is 5.01. The summed E-state index contributed by atoms with van der Waals surface area (Å²) in [4.78, 5) is 0. The Morgan fingerprint density at radius 2 is 1.72 bits per heavy atom. The first kappa shape index (κ1) is 13.0. The van der Waals surface area contributed by atoms with Gasteiger partial charge >= 0.3 is 0 Å². The molecule has 4 heteroatoms. The molecule has 18 heavy (non-hydrogen) atoms. The first-order valence-corrected chi connectivity index (χ1v) is 6.29. The summed E-state index contributed by atoms with van der Waals surface area (Å²) in [6, 6.07) is 9.34. The summed E-state index contributed by atoms with van der Waals surface area (Å²) in [5.41, 5.74) is 2.60. The number of benzene rings is 2. The number of hydrogen-bond acceptors (Lipinski definition) is 1. The predicted molar refractivity (Wildman–Crippen MR) is 72.6 cm³/mol. The SMILES string of the molecule is Cc1cc(Br)ccc1NCc1cc(F)cc(F)c1. The van der Waals surface area contributed by atoms with Crippen LogP contribution in [0.3, 0.4) is 0 Å². The lowest BCUT2D eigenvalue weighted by Gasteiger charge is -2.10. The molecule has 2 aromatic carbocycles. The minimum absolute atomic E-state index is 0.386. The summed E-state index contributed by atoms with van der Waals surface area (Å²) in [5, 5.41) is 3.16. The Labute approximate surface area is 113 Å². The van der Waals surface area contributed by atoms with Gasteiger partial charge in [-0.1, -0.05) is 15.9 Å². The maximum atomic E-state index is 13.0. The van der Waals surface area contributed by atoms with Gasteiger partial charge < -0.3 is 5.32 Å². The molecule has 2 aromatic rings. The van der Waals surface area contributed by atoms with Crippen molar-refractivity contribution in [3.8, 4) is 0 Å². The Balaban J connectivity index is 2.11. The van der Waals surface area contributed by atoms with Gasteiger partial charge in [-0.05, 0) is 48.4 Å². The zero-order valence-corrected chi connectivity index (χ0v) is 11.4. The Morgan fingerprint density at radius 3 is 2.33 bits per heavy atom. The molecule has 1 nitrogen and oxygen atoms in total. The van der Waals surface area contributed by atoms with E-state index in [1.165, 1.54) is 12.1 Å². The number of anilines is 1. The van der Waals surface area contributed by atoms with E-state index in [4.69, 9.17) is 0 Å². The normalized spacial score (nSPS) is 10.4. The maximum Gasteiger partial charge on any atom is 0.126 e. The van der Waals surface area contributed by atoms with Crippen LogP contribution in [0.15, 0.2) is 40.9 Å². The van der Waals surface area contributed by atoms with Crippen LogP contribution in [-0.4, -0.2) is 0 Å². The summed E-state index contributed by atoms with van der Waals surface area (Å²) in [6.45, 7) is 2.36. The molecule has 0 aliphatic carbocycles. The van der Waals surface area contributed by atoms with Crippen molar-refractivity contribution in [1.82, 2.24) is 0 Å². The minimum atomic E-state index is -0.556. The van der Waals surface area contributed by atoms with Gasteiger partial charge in [0.2, 0.25) is 0 Å². The van der Waals surface area contributed by atoms with Gasteiger partial charge in [-0.3, -0.25) is 0 Å². The molecule has 0 aromatic heterocycles. The van der Waals surface area contributed by atoms with Crippen LogP contribution in [0.4, 0.5) is 14.5 Å². The molecule has 0 atom stereocenters. The largest absolute Gasteiger partial charge is 0.381 e. The van der Waals surface area contributed by atoms with Crippen LogP contribution in [0, 0.1) is 18.6 Å². The minimum Gasteiger partial charge on any atom is -0.381 e. The molecule has 1 N–H and O–H groups in total. The molecule has 0 aliphatic heterocycles. The predicted octanol–water partition coefficient (Wildman–Crippen LogP) is 4.65. The number of hydrogen-bond donors (Lipinski definition) is 1. The van der Waals surface area contributed by atoms with Gasteiger partial charge in [0.15, 0.2) is 0 Å². The van der Waals surface area contributed by atoms with Crippen LogP contribution in [-0.2, 0) is 6.54 Å². The van der Waals surface area contributed by atoms with Gasteiger partial charge in [0.1, 0.15) is 11.6 Å². The van der Waals surface area contributed by atoms with Crippen molar-refractivity contribution < 1.29 is 8.78 Å². The molecule has 0 heterocycles. The molecule has 0 aliphatic rings. The fraction of sp³-hybridized carbons (Fsp3) is 0.143. The van der Waals surface area contributed by atoms with Crippen LogP contribution in [0.1, 0.15) is 11.1 Å². The van der Waals surface area contributed by atoms with Crippen molar-refractivity contribution in [1.29, 1.82) is 0 Å². The van der Waals surface area contributed by atoms with E-state index in [0.29, 0.717) is 12.1 Å². The van der Waals surface area contributed by atoms with E-state index >= 15 is 0 Å². The summed E-state index contributed by atoms with van der Waals surface area (Å²) < 4.78 is 27.0. The zero-order chi connectivity index (χ0) is 13.1. The fourth-order valence-electron chi connectivity index (χ4n) is 1.74. The van der Waals surface area contributed by atoms with Gasteiger partial charge in [0, 0.05) is 22.8 Å². The molecule has 0 fully saturated rings. The van der Waals surface area contributed by atoms with Crippen LogP contribution < -0.4 is 5.32 Å². The summed E-state index contributed by atoms with van der Waals surface area (Å²) >= 11 is 3.38. The van der Waals surface area contributed by atoms with E-state index in [0.717, 1.165) is 21.8 Å². The molecule has 0 unspecified atom stereocenters. The van der Waals surface area contributed by atoms with Crippen molar-refractivity contribution in [3.63, 3.8) is 0 Å². The summed E-state index contributed by atoms with van der Waals surface area (Å²) in [5.74, 6) is -1.11. The Bertz CT molecular complexity index is 549. The fourth-order valence-corrected chi connectivity index (χ4v) is 2.21. The molecule has 2 rings (SSSR count). The third-order valence-electron chi connectivity index (χ3n) is 2.59. The van der Waals surface area contributed by atoms with Crippen LogP contribution in [0.5, 0.6) is 0 Å². The van der Waals surface area contributed by atoms with Crippen LogP contribution >= 0.6 is 15.9 Å². The van der Waals surface area contributed by atoms with Gasteiger partial charge in [0.05, 0.1) is 0 Å². The number of nitrogens with one attached hydrogen (secondary N) is 1. The van der Waals surface area contributed by atoms with E-state index in [9.17, 15) is 8.78 Å². The van der Waals surface area contributed by atoms with E-state index in [1.54, 1.807) is 0 Å². The van der Waals surface area contributed by atoms with Gasteiger partial charge in [-0.15, -0.1) is 0 Å². The number of halogens is 3. The Kier molecular flexibility index (Phi) is 3.97. The second-order valence-electron chi connectivity index (χ2n) is 4.09. The maximum absolute atomic E-state index is 13.0. The highest BCUT2D eigenvalue weighted by molar-refractivity contribution is 9.10. The number of aryl methyl sites for hydroxylation is 1. The van der Waals surface area contributed by atoms with Gasteiger partial charge in [-0.25, -0.2) is 8.78 Å². The Morgan fingerprint density at radius 1 is 1.06 bits per heavy atom. The standard InChI is InChI=1S/C14H12BrF2N/c1-9-4-11(15)2-3-14(9)18-8-10-5-12(16)7-13(17)6-10/h2-7,18H,8H2,1H3. The second kappa shape index (κ2) is 5.48. The zero-order valence-electron chi connectivity index (χ0n) is 9.81. The van der Waals surface area contributed by atoms with E-state index in [-0.39, 0.29) is 0 Å². The molecular weight excluding hydrogens is 300 g/mol. The summed E-state index contributed by atoms with van der Waals surface area (Å²) in [6.07, 6.45) is 0. The average molecular weight is 312 g/mol. The average Bonchev–Trinajstić information content (AvgIpc) is 2.26. The molecule has 0 saturated carbocycles. The lowest BCUT2D eigenvalue weighted by molar-refractivity contribution is 0.580. The van der Waals surface area contributed by atoms with Crippen molar-refractivity contribution in [2.45, 2.75) is 13.5 Å². The van der Waals surface area contributed by atoms with Crippen LogP contribution in [0.2, 0.25) is 0 Å². The van der Waals surface area contributed by atoms with Gasteiger partial charge in [0.25, 0.3) is 0 Å². The molecule has 0 bridgehead atoms. The lowest BCUT2D eigenvalue weighted by Crippen LogP contribution is -2.02. The first-order chi connectivity index (χ1) is 8.54. The Hall–Kier alpha value is -1.42. The smallest absolute Gasteiger partial charge is 0.126 e. The third kappa shape index (κ3) is 3.29.